The number of hydrogen-bond acceptors (Lipinski definition) is 3. The molecule has 0 bridgehead atoms. The normalized spacial score (nSPS) is 19.0. The molecule has 1 aliphatic carbocycles. The third kappa shape index (κ3) is 4.47. The van der Waals surface area contributed by atoms with E-state index in [2.05, 4.69) is 45.9 Å². The Morgan fingerprint density at radius 1 is 1.07 bits per heavy atom. The van der Waals surface area contributed by atoms with Gasteiger partial charge < -0.3 is 20.6 Å². The molecule has 28 heavy (non-hydrogen) atoms. The molecule has 1 atom stereocenters. The summed E-state index contributed by atoms with van der Waals surface area (Å²) in [5, 5.41) is 15.8. The highest BCUT2D eigenvalue weighted by molar-refractivity contribution is 5.90. The number of carbonyl (C=O) groups is 1. The first-order valence-electron chi connectivity index (χ1n) is 10.4. The van der Waals surface area contributed by atoms with Crippen LogP contribution in [0.3, 0.4) is 0 Å². The fraction of sp³-hybridized carbons (Fsp3) is 0.435. The van der Waals surface area contributed by atoms with E-state index in [0.717, 1.165) is 42.7 Å². The molecule has 1 aliphatic heterocycles. The Labute approximate surface area is 166 Å². The predicted octanol–water partition coefficient (Wildman–Crippen LogP) is 3.85. The number of piperidine rings is 1. The van der Waals surface area contributed by atoms with E-state index in [4.69, 9.17) is 0 Å². The Morgan fingerprint density at radius 2 is 1.86 bits per heavy atom. The van der Waals surface area contributed by atoms with Crippen molar-refractivity contribution in [2.45, 2.75) is 51.2 Å². The van der Waals surface area contributed by atoms with Crippen molar-refractivity contribution in [3.8, 4) is 0 Å². The largest absolute Gasteiger partial charge is 0.393 e. The van der Waals surface area contributed by atoms with E-state index in [1.165, 1.54) is 30.5 Å². The summed E-state index contributed by atoms with van der Waals surface area (Å²) in [6.07, 6.45) is 5.79. The molecule has 148 valence electrons. The average molecular weight is 380 g/mol. The molecule has 0 saturated carbocycles. The van der Waals surface area contributed by atoms with Gasteiger partial charge in [-0.1, -0.05) is 24.3 Å². The molecule has 0 radical (unpaired) electrons. The van der Waals surface area contributed by atoms with Crippen LogP contribution >= 0.6 is 0 Å². The maximum atomic E-state index is 12.4. The lowest BCUT2D eigenvalue weighted by Gasteiger charge is -2.28. The Kier molecular flexibility index (Phi) is 5.81. The predicted molar refractivity (Wildman–Crippen MR) is 113 cm³/mol. The molecular weight excluding hydrogens is 350 g/mol. The lowest BCUT2D eigenvalue weighted by Crippen LogP contribution is -2.30. The van der Waals surface area contributed by atoms with Crippen LogP contribution in [0.2, 0.25) is 0 Å². The molecule has 0 aromatic heterocycles. The Hall–Kier alpha value is -2.53. The van der Waals surface area contributed by atoms with Crippen LogP contribution in [0, 0.1) is 0 Å². The van der Waals surface area contributed by atoms with Gasteiger partial charge in [-0.2, -0.15) is 0 Å². The van der Waals surface area contributed by atoms with Crippen LogP contribution in [0.1, 0.15) is 42.4 Å². The van der Waals surface area contributed by atoms with Crippen molar-refractivity contribution in [1.82, 2.24) is 5.32 Å². The van der Waals surface area contributed by atoms with Crippen molar-refractivity contribution in [2.75, 3.05) is 23.3 Å². The second-order valence-corrected chi connectivity index (χ2v) is 7.86. The molecular formula is C23H29N3O2. The minimum absolute atomic E-state index is 0.214. The minimum Gasteiger partial charge on any atom is -0.393 e. The van der Waals surface area contributed by atoms with Crippen molar-refractivity contribution >= 4 is 17.4 Å². The van der Waals surface area contributed by atoms with Crippen LogP contribution in [-0.2, 0) is 19.4 Å². The van der Waals surface area contributed by atoms with Crippen molar-refractivity contribution in [3.63, 3.8) is 0 Å². The lowest BCUT2D eigenvalue weighted by molar-refractivity contribution is 0.159. The second-order valence-electron chi connectivity index (χ2n) is 7.86. The zero-order valence-electron chi connectivity index (χ0n) is 16.3. The van der Waals surface area contributed by atoms with E-state index in [-0.39, 0.29) is 12.1 Å². The van der Waals surface area contributed by atoms with E-state index in [1.807, 2.05) is 12.1 Å². The molecule has 2 amide bonds. The minimum atomic E-state index is -0.322. The number of aryl methyl sites for hydroxylation is 1. The highest BCUT2D eigenvalue weighted by Gasteiger charge is 2.19. The number of aliphatic hydroxyl groups excluding tert-OH is 1. The topological polar surface area (TPSA) is 64.6 Å². The maximum absolute atomic E-state index is 12.4. The number of nitrogens with one attached hydrogen (secondary N) is 2. The summed E-state index contributed by atoms with van der Waals surface area (Å²) in [5.74, 6) is 0. The molecule has 2 aromatic rings. The van der Waals surface area contributed by atoms with Gasteiger partial charge in [-0.25, -0.2) is 4.79 Å². The van der Waals surface area contributed by atoms with E-state index in [0.29, 0.717) is 13.0 Å². The molecule has 1 heterocycles. The summed E-state index contributed by atoms with van der Waals surface area (Å²) in [5.41, 5.74) is 5.43. The quantitative estimate of drug-likeness (QED) is 0.756. The van der Waals surface area contributed by atoms with E-state index >= 15 is 0 Å². The van der Waals surface area contributed by atoms with Crippen molar-refractivity contribution in [3.05, 3.63) is 59.2 Å². The first-order chi connectivity index (χ1) is 13.7. The van der Waals surface area contributed by atoms with Crippen molar-refractivity contribution in [2.24, 2.45) is 0 Å². The summed E-state index contributed by atoms with van der Waals surface area (Å²) in [4.78, 5) is 14.8. The Balaban J connectivity index is 1.32. The molecule has 3 N–H and O–H groups in total. The Morgan fingerprint density at radius 3 is 2.64 bits per heavy atom. The van der Waals surface area contributed by atoms with Crippen LogP contribution in [0.5, 0.6) is 0 Å². The van der Waals surface area contributed by atoms with Gasteiger partial charge in [0.1, 0.15) is 0 Å². The summed E-state index contributed by atoms with van der Waals surface area (Å²) < 4.78 is 0. The fourth-order valence-corrected chi connectivity index (χ4v) is 4.21. The third-order valence-corrected chi connectivity index (χ3v) is 5.82. The van der Waals surface area contributed by atoms with E-state index in [9.17, 15) is 9.90 Å². The number of nitrogens with zero attached hydrogens (tertiary/aromatic N) is 1. The van der Waals surface area contributed by atoms with Gasteiger partial charge >= 0.3 is 6.03 Å². The number of hydrogen-bond donors (Lipinski definition) is 3. The number of fused-ring (bicyclic) bond motifs is 1. The van der Waals surface area contributed by atoms with Crippen LogP contribution < -0.4 is 15.5 Å². The van der Waals surface area contributed by atoms with E-state index < -0.39 is 0 Å². The molecule has 0 spiro atoms. The smallest absolute Gasteiger partial charge is 0.319 e. The summed E-state index contributed by atoms with van der Waals surface area (Å²) in [6, 6.07) is 14.2. The van der Waals surface area contributed by atoms with Gasteiger partial charge in [-0.05, 0) is 67.0 Å². The van der Waals surface area contributed by atoms with Gasteiger partial charge in [-0.3, -0.25) is 0 Å². The summed E-state index contributed by atoms with van der Waals surface area (Å²) in [7, 11) is 0. The molecule has 2 aliphatic rings. The number of anilines is 2. The molecule has 5 nitrogen and oxygen atoms in total. The number of aliphatic hydroxyl groups is 1. The van der Waals surface area contributed by atoms with Crippen molar-refractivity contribution in [1.29, 1.82) is 0 Å². The van der Waals surface area contributed by atoms with Gasteiger partial charge in [0.25, 0.3) is 0 Å². The van der Waals surface area contributed by atoms with Crippen LogP contribution in [0.4, 0.5) is 16.2 Å². The van der Waals surface area contributed by atoms with Gasteiger partial charge in [0, 0.05) is 37.4 Å². The van der Waals surface area contributed by atoms with Gasteiger partial charge in [-0.15, -0.1) is 0 Å². The molecule has 1 saturated heterocycles. The maximum Gasteiger partial charge on any atom is 0.319 e. The number of amides is 2. The highest BCUT2D eigenvalue weighted by atomic mass is 16.3. The molecule has 1 fully saturated rings. The molecule has 5 heteroatoms. The SMILES string of the molecule is O=C(NCc1ccc(N2CCCCC2)cc1)Nc1cccc2c1CC(O)CC2. The number of benzene rings is 2. The Bertz CT molecular complexity index is 813. The second kappa shape index (κ2) is 8.65. The number of carbonyl (C=O) groups excluding carboxylic acids is 1. The van der Waals surface area contributed by atoms with Gasteiger partial charge in [0.2, 0.25) is 0 Å². The monoisotopic (exact) mass is 379 g/mol. The lowest BCUT2D eigenvalue weighted by atomic mass is 9.88. The fourth-order valence-electron chi connectivity index (χ4n) is 4.21. The summed E-state index contributed by atoms with van der Waals surface area (Å²) >= 11 is 0. The number of rotatable bonds is 4. The van der Waals surface area contributed by atoms with Crippen LogP contribution in [0.25, 0.3) is 0 Å². The molecule has 2 aromatic carbocycles. The third-order valence-electron chi connectivity index (χ3n) is 5.82. The first-order valence-corrected chi connectivity index (χ1v) is 10.4. The first kappa shape index (κ1) is 18.8. The van der Waals surface area contributed by atoms with Gasteiger partial charge in [0.15, 0.2) is 0 Å². The average Bonchev–Trinajstić information content (AvgIpc) is 2.74. The van der Waals surface area contributed by atoms with Crippen LogP contribution in [0.15, 0.2) is 42.5 Å². The van der Waals surface area contributed by atoms with Crippen LogP contribution in [-0.4, -0.2) is 30.3 Å². The van der Waals surface area contributed by atoms with Gasteiger partial charge in [0.05, 0.1) is 6.10 Å². The zero-order valence-corrected chi connectivity index (χ0v) is 16.3. The standard InChI is InChI=1S/C23H29N3O2/c27-20-12-9-18-5-4-6-22(21(18)15-20)25-23(28)24-16-17-7-10-19(11-8-17)26-13-2-1-3-14-26/h4-8,10-11,20,27H,1-3,9,12-16H2,(H2,24,25,28). The number of urea groups is 1. The van der Waals surface area contributed by atoms with E-state index in [1.54, 1.807) is 0 Å². The summed E-state index contributed by atoms with van der Waals surface area (Å²) in [6.45, 7) is 2.76. The highest BCUT2D eigenvalue weighted by Crippen LogP contribution is 2.28. The van der Waals surface area contributed by atoms with Crippen molar-refractivity contribution < 1.29 is 9.90 Å². The molecule has 1 unspecified atom stereocenters. The zero-order chi connectivity index (χ0) is 19.3. The molecule has 4 rings (SSSR count).